The van der Waals surface area contributed by atoms with E-state index in [2.05, 4.69) is 13.8 Å². The number of carbonyl (C=O) groups excluding carboxylic acids is 1. The number of benzene rings is 1. The SMILES string of the molecule is CC[C@H](C)c1ccc(S(=O)(=O)N2CCN(C(C)=O)CC2)cc1. The zero-order valence-electron chi connectivity index (χ0n) is 13.4. The number of nitrogens with zero attached hydrogens (tertiary/aromatic N) is 2. The van der Waals surface area contributed by atoms with Crippen LogP contribution in [0, 0.1) is 0 Å². The van der Waals surface area contributed by atoms with E-state index in [9.17, 15) is 13.2 Å². The Morgan fingerprint density at radius 1 is 1.14 bits per heavy atom. The highest BCUT2D eigenvalue weighted by Crippen LogP contribution is 2.23. The van der Waals surface area contributed by atoms with Gasteiger partial charge in [-0.25, -0.2) is 8.42 Å². The van der Waals surface area contributed by atoms with Crippen molar-refractivity contribution >= 4 is 15.9 Å². The number of sulfonamides is 1. The standard InChI is InChI=1S/C16H24N2O3S/c1-4-13(2)15-5-7-16(8-6-15)22(20,21)18-11-9-17(10-12-18)14(3)19/h5-8,13H,4,9-12H2,1-3H3/t13-/m0/s1. The van der Waals surface area contributed by atoms with Gasteiger partial charge in [0.25, 0.3) is 0 Å². The Labute approximate surface area is 133 Å². The molecule has 0 aromatic heterocycles. The van der Waals surface area contributed by atoms with Gasteiger partial charge in [0.2, 0.25) is 15.9 Å². The van der Waals surface area contributed by atoms with E-state index in [-0.39, 0.29) is 5.91 Å². The van der Waals surface area contributed by atoms with Crippen LogP contribution >= 0.6 is 0 Å². The summed E-state index contributed by atoms with van der Waals surface area (Å²) < 4.78 is 26.7. The van der Waals surface area contributed by atoms with Gasteiger partial charge < -0.3 is 4.90 Å². The van der Waals surface area contributed by atoms with E-state index >= 15 is 0 Å². The first kappa shape index (κ1) is 17.0. The first-order valence-corrected chi connectivity index (χ1v) is 9.16. The van der Waals surface area contributed by atoms with E-state index in [1.807, 2.05) is 12.1 Å². The second-order valence-corrected chi connectivity index (χ2v) is 7.73. The van der Waals surface area contributed by atoms with Crippen LogP contribution in [0.5, 0.6) is 0 Å². The molecule has 1 aromatic rings. The Morgan fingerprint density at radius 3 is 2.14 bits per heavy atom. The first-order valence-electron chi connectivity index (χ1n) is 7.72. The van der Waals surface area contributed by atoms with Gasteiger partial charge in [0, 0.05) is 33.1 Å². The Bertz CT molecular complexity index is 617. The summed E-state index contributed by atoms with van der Waals surface area (Å²) in [5.41, 5.74) is 1.16. The predicted octanol–water partition coefficient (Wildman–Crippen LogP) is 2.05. The highest BCUT2D eigenvalue weighted by atomic mass is 32.2. The Morgan fingerprint density at radius 2 is 1.68 bits per heavy atom. The van der Waals surface area contributed by atoms with Crippen molar-refractivity contribution in [1.29, 1.82) is 0 Å². The summed E-state index contributed by atoms with van der Waals surface area (Å²) in [7, 11) is -3.46. The molecule has 122 valence electrons. The molecule has 5 nitrogen and oxygen atoms in total. The van der Waals surface area contributed by atoms with Crippen LogP contribution < -0.4 is 0 Å². The molecule has 2 rings (SSSR count). The van der Waals surface area contributed by atoms with Crippen LogP contribution in [0.25, 0.3) is 0 Å². The van der Waals surface area contributed by atoms with Crippen LogP contribution in [0.2, 0.25) is 0 Å². The van der Waals surface area contributed by atoms with Crippen molar-refractivity contribution in [2.75, 3.05) is 26.2 Å². The topological polar surface area (TPSA) is 57.7 Å². The number of hydrogen-bond acceptors (Lipinski definition) is 3. The van der Waals surface area contributed by atoms with Gasteiger partial charge >= 0.3 is 0 Å². The average Bonchev–Trinajstić information content (AvgIpc) is 2.54. The number of rotatable bonds is 4. The normalized spacial score (nSPS) is 18.2. The molecular formula is C16H24N2O3S. The molecule has 1 heterocycles. The number of piperazine rings is 1. The summed E-state index contributed by atoms with van der Waals surface area (Å²) in [4.78, 5) is 13.3. The van der Waals surface area contributed by atoms with Gasteiger partial charge in [-0.05, 0) is 30.0 Å². The van der Waals surface area contributed by atoms with E-state index < -0.39 is 10.0 Å². The molecule has 6 heteroatoms. The van der Waals surface area contributed by atoms with Gasteiger partial charge in [-0.3, -0.25) is 4.79 Å². The predicted molar refractivity (Wildman–Crippen MR) is 86.2 cm³/mol. The van der Waals surface area contributed by atoms with Gasteiger partial charge in [0.15, 0.2) is 0 Å². The second-order valence-electron chi connectivity index (χ2n) is 5.79. The van der Waals surface area contributed by atoms with Crippen molar-refractivity contribution < 1.29 is 13.2 Å². The first-order chi connectivity index (χ1) is 10.4. The molecule has 1 amide bonds. The van der Waals surface area contributed by atoms with Crippen molar-refractivity contribution in [1.82, 2.24) is 9.21 Å². The average molecular weight is 324 g/mol. The molecule has 1 fully saturated rings. The molecule has 0 N–H and O–H groups in total. The van der Waals surface area contributed by atoms with Crippen molar-refractivity contribution in [2.24, 2.45) is 0 Å². The maximum Gasteiger partial charge on any atom is 0.243 e. The van der Waals surface area contributed by atoms with Gasteiger partial charge in [0.1, 0.15) is 0 Å². The third kappa shape index (κ3) is 3.50. The second kappa shape index (κ2) is 6.79. The van der Waals surface area contributed by atoms with Gasteiger partial charge in [0.05, 0.1) is 4.90 Å². The molecule has 1 aromatic carbocycles. The van der Waals surface area contributed by atoms with Crippen LogP contribution in [0.1, 0.15) is 38.7 Å². The van der Waals surface area contributed by atoms with Crippen LogP contribution in [-0.4, -0.2) is 49.7 Å². The highest BCUT2D eigenvalue weighted by molar-refractivity contribution is 7.89. The molecule has 22 heavy (non-hydrogen) atoms. The smallest absolute Gasteiger partial charge is 0.243 e. The zero-order valence-corrected chi connectivity index (χ0v) is 14.3. The monoisotopic (exact) mass is 324 g/mol. The van der Waals surface area contributed by atoms with Crippen molar-refractivity contribution in [3.8, 4) is 0 Å². The summed E-state index contributed by atoms with van der Waals surface area (Å²) >= 11 is 0. The highest BCUT2D eigenvalue weighted by Gasteiger charge is 2.29. The number of hydrogen-bond donors (Lipinski definition) is 0. The molecule has 1 aliphatic rings. The fourth-order valence-corrected chi connectivity index (χ4v) is 4.02. The van der Waals surface area contributed by atoms with E-state index in [0.29, 0.717) is 37.0 Å². The molecular weight excluding hydrogens is 300 g/mol. The third-order valence-corrected chi connectivity index (χ3v) is 6.30. The molecule has 0 aliphatic carbocycles. The van der Waals surface area contributed by atoms with Gasteiger partial charge in [-0.1, -0.05) is 26.0 Å². The van der Waals surface area contributed by atoms with E-state index in [1.54, 1.807) is 17.0 Å². The minimum atomic E-state index is -3.46. The fraction of sp³-hybridized carbons (Fsp3) is 0.562. The maximum absolute atomic E-state index is 12.6. The van der Waals surface area contributed by atoms with E-state index in [4.69, 9.17) is 0 Å². The molecule has 0 spiro atoms. The molecule has 0 saturated carbocycles. The van der Waals surface area contributed by atoms with E-state index in [1.165, 1.54) is 11.2 Å². The minimum absolute atomic E-state index is 0.00467. The molecule has 1 aliphatic heterocycles. The summed E-state index contributed by atoms with van der Waals surface area (Å²) in [5, 5.41) is 0. The molecule has 0 radical (unpaired) electrons. The summed E-state index contributed by atoms with van der Waals surface area (Å²) in [6, 6.07) is 7.17. The Kier molecular flexibility index (Phi) is 5.24. The largest absolute Gasteiger partial charge is 0.340 e. The lowest BCUT2D eigenvalue weighted by Gasteiger charge is -2.33. The van der Waals surface area contributed by atoms with Gasteiger partial charge in [-0.15, -0.1) is 0 Å². The van der Waals surface area contributed by atoms with Crippen molar-refractivity contribution in [3.05, 3.63) is 29.8 Å². The Balaban J connectivity index is 2.12. The Hall–Kier alpha value is -1.40. The maximum atomic E-state index is 12.6. The number of amides is 1. The molecule has 0 unspecified atom stereocenters. The summed E-state index contributed by atoms with van der Waals surface area (Å²) in [6.07, 6.45) is 1.03. The number of carbonyl (C=O) groups is 1. The van der Waals surface area contributed by atoms with Crippen LogP contribution in [-0.2, 0) is 14.8 Å². The summed E-state index contributed by atoms with van der Waals surface area (Å²) in [6.45, 7) is 7.38. The minimum Gasteiger partial charge on any atom is -0.340 e. The van der Waals surface area contributed by atoms with Crippen LogP contribution in [0.15, 0.2) is 29.2 Å². The lowest BCUT2D eigenvalue weighted by molar-refractivity contribution is -0.129. The van der Waals surface area contributed by atoms with Crippen LogP contribution in [0.3, 0.4) is 0 Å². The third-order valence-electron chi connectivity index (χ3n) is 4.38. The lowest BCUT2D eigenvalue weighted by Crippen LogP contribution is -2.49. The van der Waals surface area contributed by atoms with Gasteiger partial charge in [-0.2, -0.15) is 4.31 Å². The fourth-order valence-electron chi connectivity index (χ4n) is 2.60. The quantitative estimate of drug-likeness (QED) is 0.852. The molecule has 1 saturated heterocycles. The van der Waals surface area contributed by atoms with E-state index in [0.717, 1.165) is 12.0 Å². The lowest BCUT2D eigenvalue weighted by atomic mass is 9.99. The van der Waals surface area contributed by atoms with Crippen LogP contribution in [0.4, 0.5) is 0 Å². The summed E-state index contributed by atoms with van der Waals surface area (Å²) in [5.74, 6) is 0.422. The molecule has 0 bridgehead atoms. The van der Waals surface area contributed by atoms with Crippen molar-refractivity contribution in [3.63, 3.8) is 0 Å². The van der Waals surface area contributed by atoms with Crippen molar-refractivity contribution in [2.45, 2.75) is 38.0 Å². The zero-order chi connectivity index (χ0) is 16.3. The molecule has 1 atom stereocenters.